The fraction of sp³-hybridized carbons (Fsp3) is 0.333. The van der Waals surface area contributed by atoms with Gasteiger partial charge in [0.25, 0.3) is 5.91 Å². The first-order chi connectivity index (χ1) is 12.7. The van der Waals surface area contributed by atoms with Crippen molar-refractivity contribution in [3.05, 3.63) is 52.1 Å². The molecule has 3 rings (SSSR count). The minimum absolute atomic E-state index is 0.311. The first kappa shape index (κ1) is 19.0. The molecule has 1 saturated heterocycles. The van der Waals surface area contributed by atoms with Crippen LogP contribution in [0.3, 0.4) is 0 Å². The topological polar surface area (TPSA) is 79.6 Å². The lowest BCUT2D eigenvalue weighted by molar-refractivity contribution is -0.130. The summed E-state index contributed by atoms with van der Waals surface area (Å²) in [5.74, 6) is -0.735. The molecule has 0 aliphatic carbocycles. The monoisotopic (exact) mass is 391 g/mol. The van der Waals surface area contributed by atoms with E-state index in [1.54, 1.807) is 30.7 Å². The summed E-state index contributed by atoms with van der Waals surface area (Å²) >= 11 is 6.38. The maximum absolute atomic E-state index is 13.0. The number of rotatable bonds is 5. The number of amides is 3. The van der Waals surface area contributed by atoms with Gasteiger partial charge in [0.05, 0.1) is 24.0 Å². The average Bonchev–Trinajstić information content (AvgIpc) is 3.02. The number of nitrogens with zero attached hydrogens (tertiary/aromatic N) is 4. The third-order valence-electron chi connectivity index (χ3n) is 4.60. The van der Waals surface area contributed by atoms with Gasteiger partial charge in [-0.15, -0.1) is 5.01 Å². The number of halogens is 2. The molecule has 2 heterocycles. The predicted octanol–water partition coefficient (Wildman–Crippen LogP) is 3.09. The molecule has 7 nitrogen and oxygen atoms in total. The third kappa shape index (κ3) is 3.57. The van der Waals surface area contributed by atoms with Crippen molar-refractivity contribution >= 4 is 29.8 Å². The summed E-state index contributed by atoms with van der Waals surface area (Å²) in [6, 6.07) is 5.45. The summed E-state index contributed by atoms with van der Waals surface area (Å²) < 4.78 is 14.6. The Morgan fingerprint density at radius 3 is 2.59 bits per heavy atom. The zero-order chi connectivity index (χ0) is 19.8. The average molecular weight is 392 g/mol. The van der Waals surface area contributed by atoms with Gasteiger partial charge in [-0.25, -0.2) is 13.9 Å². The molecule has 0 spiro atoms. The van der Waals surface area contributed by atoms with Gasteiger partial charge in [0.2, 0.25) is 0 Å². The molecular weight excluding hydrogens is 373 g/mol. The van der Waals surface area contributed by atoms with Crippen LogP contribution in [0.1, 0.15) is 37.1 Å². The van der Waals surface area contributed by atoms with Crippen LogP contribution in [0.5, 0.6) is 0 Å². The van der Waals surface area contributed by atoms with E-state index in [0.717, 1.165) is 10.6 Å². The quantitative estimate of drug-likeness (QED) is 0.628. The summed E-state index contributed by atoms with van der Waals surface area (Å²) in [5.41, 5.74) is 0.970. The van der Waals surface area contributed by atoms with Crippen LogP contribution < -0.4 is 5.32 Å². The molecule has 0 saturated carbocycles. The lowest BCUT2D eigenvalue weighted by atomic mass is 10.00. The Bertz CT molecular complexity index is 925. The van der Waals surface area contributed by atoms with Crippen molar-refractivity contribution in [3.8, 4) is 0 Å². The zero-order valence-electron chi connectivity index (χ0n) is 15.2. The van der Waals surface area contributed by atoms with Gasteiger partial charge in [-0.2, -0.15) is 10.2 Å². The molecule has 1 aromatic carbocycles. The highest BCUT2D eigenvalue weighted by molar-refractivity contribution is 6.32. The van der Waals surface area contributed by atoms with Crippen molar-refractivity contribution in [3.63, 3.8) is 0 Å². The predicted molar refractivity (Wildman–Crippen MR) is 99.1 cm³/mol. The van der Waals surface area contributed by atoms with Gasteiger partial charge < -0.3 is 5.32 Å². The maximum Gasteiger partial charge on any atom is 0.346 e. The van der Waals surface area contributed by atoms with E-state index in [-0.39, 0.29) is 5.82 Å². The number of aryl methyl sites for hydroxylation is 1. The number of urea groups is 1. The molecule has 1 N–H and O–H groups in total. The lowest BCUT2D eigenvalue weighted by Crippen LogP contribution is -2.42. The van der Waals surface area contributed by atoms with Crippen LogP contribution in [0.4, 0.5) is 9.18 Å². The van der Waals surface area contributed by atoms with E-state index in [0.29, 0.717) is 29.4 Å². The molecule has 1 fully saturated rings. The van der Waals surface area contributed by atoms with Gasteiger partial charge in [-0.1, -0.05) is 30.7 Å². The Hall–Kier alpha value is -2.74. The van der Waals surface area contributed by atoms with Gasteiger partial charge in [-0.3, -0.25) is 4.79 Å². The maximum atomic E-state index is 13.0. The van der Waals surface area contributed by atoms with Gasteiger partial charge in [0, 0.05) is 0 Å². The first-order valence-corrected chi connectivity index (χ1v) is 8.81. The number of benzene rings is 1. The summed E-state index contributed by atoms with van der Waals surface area (Å²) in [6.07, 6.45) is 1.81. The molecule has 9 heteroatoms. The Morgan fingerprint density at radius 1 is 1.33 bits per heavy atom. The molecule has 1 aliphatic rings. The SMILES string of the molecule is CCC1(C)NC(=O)N(N=Cc2c(C)nn(Cc3ccc(F)cc3)c2Cl)C1=O. The Morgan fingerprint density at radius 2 is 2.00 bits per heavy atom. The van der Waals surface area contributed by atoms with Crippen LogP contribution >= 0.6 is 11.6 Å². The number of hydrogen-bond acceptors (Lipinski definition) is 4. The fourth-order valence-electron chi connectivity index (χ4n) is 2.71. The van der Waals surface area contributed by atoms with Gasteiger partial charge in [0.1, 0.15) is 16.5 Å². The summed E-state index contributed by atoms with van der Waals surface area (Å²) in [6.45, 7) is 5.56. The van der Waals surface area contributed by atoms with Crippen LogP contribution in [0.25, 0.3) is 0 Å². The highest BCUT2D eigenvalue weighted by Gasteiger charge is 2.46. The molecule has 0 bridgehead atoms. The molecular formula is C18H19ClFN5O2. The minimum Gasteiger partial charge on any atom is -0.322 e. The van der Waals surface area contributed by atoms with Gasteiger partial charge in [-0.05, 0) is 38.0 Å². The molecule has 3 amide bonds. The molecule has 142 valence electrons. The minimum atomic E-state index is -0.958. The fourth-order valence-corrected chi connectivity index (χ4v) is 2.99. The van der Waals surface area contributed by atoms with E-state index in [9.17, 15) is 14.0 Å². The molecule has 1 atom stereocenters. The molecule has 27 heavy (non-hydrogen) atoms. The second-order valence-corrected chi connectivity index (χ2v) is 6.91. The highest BCUT2D eigenvalue weighted by atomic mass is 35.5. The van der Waals surface area contributed by atoms with E-state index in [1.807, 2.05) is 6.92 Å². The normalized spacial score (nSPS) is 20.0. The summed E-state index contributed by atoms with van der Waals surface area (Å²) in [4.78, 5) is 24.4. The third-order valence-corrected chi connectivity index (χ3v) is 5.00. The van der Waals surface area contributed by atoms with E-state index >= 15 is 0 Å². The first-order valence-electron chi connectivity index (χ1n) is 8.43. The van der Waals surface area contributed by atoms with Crippen LogP contribution in [-0.2, 0) is 11.3 Å². The Labute approximate surface area is 160 Å². The number of carbonyl (C=O) groups excluding carboxylic acids is 2. The van der Waals surface area contributed by atoms with Crippen LogP contribution in [0, 0.1) is 12.7 Å². The summed E-state index contributed by atoms with van der Waals surface area (Å²) in [5, 5.41) is 12.1. The van der Waals surface area contributed by atoms with Gasteiger partial charge in [0.15, 0.2) is 0 Å². The number of aromatic nitrogens is 2. The zero-order valence-corrected chi connectivity index (χ0v) is 15.9. The largest absolute Gasteiger partial charge is 0.346 e. The van der Waals surface area contributed by atoms with E-state index < -0.39 is 17.5 Å². The van der Waals surface area contributed by atoms with Crippen molar-refractivity contribution in [2.24, 2.45) is 5.10 Å². The Balaban J connectivity index is 1.83. The number of carbonyl (C=O) groups is 2. The lowest BCUT2D eigenvalue weighted by Gasteiger charge is -2.17. The van der Waals surface area contributed by atoms with Crippen LogP contribution in [-0.4, -0.2) is 38.5 Å². The van der Waals surface area contributed by atoms with Crippen LogP contribution in [0.15, 0.2) is 29.4 Å². The van der Waals surface area contributed by atoms with E-state index in [4.69, 9.17) is 11.6 Å². The van der Waals surface area contributed by atoms with Crippen molar-refractivity contribution < 1.29 is 14.0 Å². The molecule has 0 radical (unpaired) electrons. The number of hydrogen-bond donors (Lipinski definition) is 1. The van der Waals surface area contributed by atoms with Gasteiger partial charge >= 0.3 is 6.03 Å². The standard InChI is InChI=1S/C18H19ClFN5O2/c1-4-18(3)16(26)25(17(27)22-18)21-9-14-11(2)23-24(15(14)19)10-12-5-7-13(20)8-6-12/h5-9H,4,10H2,1-3H3,(H,22,27). The van der Waals surface area contributed by atoms with E-state index in [1.165, 1.54) is 18.3 Å². The van der Waals surface area contributed by atoms with Crippen molar-refractivity contribution in [1.29, 1.82) is 0 Å². The molecule has 1 aromatic heterocycles. The van der Waals surface area contributed by atoms with Crippen molar-refractivity contribution in [2.45, 2.75) is 39.3 Å². The molecule has 2 aromatic rings. The van der Waals surface area contributed by atoms with Crippen LogP contribution in [0.2, 0.25) is 5.15 Å². The Kier molecular flexibility index (Phi) is 5.01. The molecule has 1 aliphatic heterocycles. The number of imide groups is 1. The summed E-state index contributed by atoms with van der Waals surface area (Å²) in [7, 11) is 0. The number of hydrazone groups is 1. The highest BCUT2D eigenvalue weighted by Crippen LogP contribution is 2.23. The second-order valence-electron chi connectivity index (χ2n) is 6.55. The van der Waals surface area contributed by atoms with Crippen molar-refractivity contribution in [1.82, 2.24) is 20.1 Å². The smallest absolute Gasteiger partial charge is 0.322 e. The second kappa shape index (κ2) is 7.11. The van der Waals surface area contributed by atoms with Crippen molar-refractivity contribution in [2.75, 3.05) is 0 Å². The number of nitrogens with one attached hydrogen (secondary N) is 1. The molecule has 1 unspecified atom stereocenters. The van der Waals surface area contributed by atoms with E-state index in [2.05, 4.69) is 15.5 Å².